The number of rotatable bonds is 0. The summed E-state index contributed by atoms with van der Waals surface area (Å²) in [4.78, 5) is 0. The summed E-state index contributed by atoms with van der Waals surface area (Å²) in [6, 6.07) is 0. The van der Waals surface area contributed by atoms with Crippen molar-refractivity contribution in [2.45, 2.75) is 62.3 Å². The molecule has 0 heterocycles. The van der Waals surface area contributed by atoms with Gasteiger partial charge >= 0.3 is 0 Å². The number of hydrogen-bond donors (Lipinski definition) is 0. The first-order valence-corrected chi connectivity index (χ1v) is 6.07. The van der Waals surface area contributed by atoms with Crippen LogP contribution in [0.2, 0.25) is 0 Å². The molecule has 0 nitrogen and oxygen atoms in total. The summed E-state index contributed by atoms with van der Waals surface area (Å²) in [6.07, 6.45) is 5.92. The van der Waals surface area contributed by atoms with E-state index in [4.69, 9.17) is 0 Å². The van der Waals surface area contributed by atoms with Crippen LogP contribution in [0.4, 0.5) is 0 Å². The number of allylic oxidation sites excluding steroid dienone is 6. The normalized spacial score (nSPS) is 6.41. The highest BCUT2D eigenvalue weighted by molar-refractivity contribution is 4.89. The fraction of sp³-hybridized carbons (Fsp3) is 0.529. The third kappa shape index (κ3) is 287. The smallest absolute Gasteiger partial charge is 0.0442 e. The molecule has 0 saturated heterocycles. The van der Waals surface area contributed by atoms with Crippen LogP contribution >= 0.6 is 0 Å². The van der Waals surface area contributed by atoms with E-state index < -0.39 is 0 Å². The van der Waals surface area contributed by atoms with E-state index in [1.54, 1.807) is 6.08 Å². The van der Waals surface area contributed by atoms with E-state index in [1.165, 1.54) is 16.7 Å². The molecule has 0 N–H and O–H groups in total. The molecule has 0 aliphatic carbocycles. The first kappa shape index (κ1) is 25.0. The van der Waals surface area contributed by atoms with Crippen LogP contribution in [0.3, 0.4) is 0 Å². The van der Waals surface area contributed by atoms with Crippen molar-refractivity contribution in [3.8, 4) is 0 Å². The molecule has 17 heavy (non-hydrogen) atoms. The van der Waals surface area contributed by atoms with Crippen LogP contribution in [0, 0.1) is 0 Å². The molecule has 0 fully saturated rings. The summed E-state index contributed by atoms with van der Waals surface area (Å²) in [5.41, 5.74) is 3.93. The summed E-state index contributed by atoms with van der Waals surface area (Å²) in [7, 11) is 0. The van der Waals surface area contributed by atoms with E-state index in [0.29, 0.717) is 0 Å². The average Bonchev–Trinajstić information content (AvgIpc) is 2.19. The van der Waals surface area contributed by atoms with Crippen molar-refractivity contribution in [2.75, 3.05) is 0 Å². The minimum Gasteiger partial charge on any atom is -0.103 e. The molecule has 0 rings (SSSR count). The van der Waals surface area contributed by atoms with E-state index in [2.05, 4.69) is 53.0 Å². The van der Waals surface area contributed by atoms with Crippen LogP contribution in [0.1, 0.15) is 62.3 Å². The molecule has 0 bridgehead atoms. The Labute approximate surface area is 111 Å². The van der Waals surface area contributed by atoms with Gasteiger partial charge in [-0.15, -0.1) is 13.2 Å². The standard InChI is InChI=1S/2C5H10.C4H8.C3H6/c2*1-4-5(2)3;1-4(2)3;1-3-2/h2*4H,1-3H3;1H2,2-3H3;3H,1H2,2H3. The Kier molecular flexibility index (Phi) is 35.7. The van der Waals surface area contributed by atoms with E-state index in [0.717, 1.165) is 0 Å². The summed E-state index contributed by atoms with van der Waals surface area (Å²) < 4.78 is 0. The predicted molar refractivity (Wildman–Crippen MR) is 86.6 cm³/mol. The molecule has 0 saturated carbocycles. The second-order valence-corrected chi connectivity index (χ2v) is 4.35. The van der Waals surface area contributed by atoms with Gasteiger partial charge in [-0.3, -0.25) is 0 Å². The van der Waals surface area contributed by atoms with Crippen molar-refractivity contribution in [2.24, 2.45) is 0 Å². The van der Waals surface area contributed by atoms with E-state index in [9.17, 15) is 0 Å². The third-order valence-electron chi connectivity index (χ3n) is 1.15. The molecule has 0 aromatic heterocycles. The minimum atomic E-state index is 1.17. The summed E-state index contributed by atoms with van der Waals surface area (Å²) in [5, 5.41) is 0. The third-order valence-corrected chi connectivity index (χ3v) is 1.15. The second-order valence-electron chi connectivity index (χ2n) is 4.35. The van der Waals surface area contributed by atoms with Crippen molar-refractivity contribution in [3.05, 3.63) is 48.1 Å². The maximum Gasteiger partial charge on any atom is -0.0442 e. The van der Waals surface area contributed by atoms with Gasteiger partial charge in [-0.1, -0.05) is 34.9 Å². The van der Waals surface area contributed by atoms with Crippen LogP contribution in [0.5, 0.6) is 0 Å². The highest BCUT2D eigenvalue weighted by atomic mass is 13.7. The summed E-state index contributed by atoms with van der Waals surface area (Å²) in [5.74, 6) is 0. The summed E-state index contributed by atoms with van der Waals surface area (Å²) >= 11 is 0. The van der Waals surface area contributed by atoms with E-state index >= 15 is 0 Å². The topological polar surface area (TPSA) is 0 Å². The van der Waals surface area contributed by atoms with E-state index in [-0.39, 0.29) is 0 Å². The molecule has 0 atom stereocenters. The predicted octanol–water partition coefficient (Wildman–Crippen LogP) is 6.72. The quantitative estimate of drug-likeness (QED) is 0.411. The Hall–Kier alpha value is -1.04. The van der Waals surface area contributed by atoms with E-state index in [1.807, 2.05) is 34.6 Å². The minimum absolute atomic E-state index is 1.17. The molecule has 102 valence electrons. The first-order valence-electron chi connectivity index (χ1n) is 6.07. The Morgan fingerprint density at radius 1 is 0.706 bits per heavy atom. The van der Waals surface area contributed by atoms with Gasteiger partial charge in [0.1, 0.15) is 0 Å². The molecule has 0 radical (unpaired) electrons. The Balaban J connectivity index is -0.0000000676. The molecule has 0 unspecified atom stereocenters. The largest absolute Gasteiger partial charge is 0.103 e. The fourth-order valence-corrected chi connectivity index (χ4v) is 0. The number of hydrogen-bond acceptors (Lipinski definition) is 0. The van der Waals surface area contributed by atoms with Crippen molar-refractivity contribution in [3.63, 3.8) is 0 Å². The van der Waals surface area contributed by atoms with Crippen LogP contribution in [-0.2, 0) is 0 Å². The SMILES string of the molecule is C=C(C)C.C=CC.CC=C(C)C.CC=C(C)C. The lowest BCUT2D eigenvalue weighted by Gasteiger charge is -1.74. The van der Waals surface area contributed by atoms with Gasteiger partial charge in [0, 0.05) is 0 Å². The van der Waals surface area contributed by atoms with Crippen molar-refractivity contribution in [1.82, 2.24) is 0 Å². The van der Waals surface area contributed by atoms with Gasteiger partial charge in [0.2, 0.25) is 0 Å². The van der Waals surface area contributed by atoms with Crippen LogP contribution < -0.4 is 0 Å². The van der Waals surface area contributed by atoms with Crippen LogP contribution in [0.25, 0.3) is 0 Å². The maximum absolute atomic E-state index is 3.56. The average molecular weight is 238 g/mol. The zero-order valence-electron chi connectivity index (χ0n) is 13.6. The van der Waals surface area contributed by atoms with Gasteiger partial charge in [0.25, 0.3) is 0 Å². The van der Waals surface area contributed by atoms with Crippen LogP contribution in [0.15, 0.2) is 48.1 Å². The Bertz CT molecular complexity index is 186. The van der Waals surface area contributed by atoms with Crippen molar-refractivity contribution >= 4 is 0 Å². The molecule has 0 amide bonds. The van der Waals surface area contributed by atoms with Gasteiger partial charge in [-0.2, -0.15) is 0 Å². The molecule has 0 aromatic carbocycles. The fourth-order valence-electron chi connectivity index (χ4n) is 0. The lowest BCUT2D eigenvalue weighted by molar-refractivity contribution is 1.36. The van der Waals surface area contributed by atoms with Crippen molar-refractivity contribution in [1.29, 1.82) is 0 Å². The second kappa shape index (κ2) is 24.3. The molecule has 0 aliphatic heterocycles. The molecule has 0 heteroatoms. The molecular weight excluding hydrogens is 204 g/mol. The highest BCUT2D eigenvalue weighted by Gasteiger charge is 1.61. The van der Waals surface area contributed by atoms with Crippen molar-refractivity contribution < 1.29 is 0 Å². The first-order chi connectivity index (χ1) is 7.69. The molecular formula is C17H34. The Morgan fingerprint density at radius 2 is 0.765 bits per heavy atom. The Morgan fingerprint density at radius 3 is 0.765 bits per heavy atom. The maximum atomic E-state index is 3.56. The molecule has 0 aromatic rings. The van der Waals surface area contributed by atoms with Gasteiger partial charge in [-0.05, 0) is 62.3 Å². The van der Waals surface area contributed by atoms with Gasteiger partial charge in [0.15, 0.2) is 0 Å². The van der Waals surface area contributed by atoms with Gasteiger partial charge < -0.3 is 0 Å². The van der Waals surface area contributed by atoms with Gasteiger partial charge in [-0.25, -0.2) is 0 Å². The highest BCUT2D eigenvalue weighted by Crippen LogP contribution is 1.83. The van der Waals surface area contributed by atoms with Crippen LogP contribution in [-0.4, -0.2) is 0 Å². The monoisotopic (exact) mass is 238 g/mol. The zero-order chi connectivity index (χ0) is 14.9. The molecule has 0 spiro atoms. The summed E-state index contributed by atoms with van der Waals surface area (Å²) in [6.45, 7) is 25.2. The molecule has 0 aliphatic rings. The lowest BCUT2D eigenvalue weighted by atomic mass is 10.3. The zero-order valence-corrected chi connectivity index (χ0v) is 13.6. The lowest BCUT2D eigenvalue weighted by Crippen LogP contribution is -1.52. The van der Waals surface area contributed by atoms with Gasteiger partial charge in [0.05, 0.1) is 0 Å².